The molecule has 1 aromatic carbocycles. The molecule has 124 valence electrons. The second kappa shape index (κ2) is 6.41. The first-order chi connectivity index (χ1) is 10.7. The standard InChI is InChI=1S/C15H16F3N3O2/c1-9-6-10-4-3-5-19-13(10)11(7-9)20-14(23)21(2)8-12(22)15(16,17)18/h3-7,12,22H,8H2,1-2H3,(H,20,23). The number of anilines is 1. The van der Waals surface area contributed by atoms with Gasteiger partial charge in [0.05, 0.1) is 17.7 Å². The van der Waals surface area contributed by atoms with E-state index in [2.05, 4.69) is 10.3 Å². The van der Waals surface area contributed by atoms with E-state index >= 15 is 0 Å². The normalized spacial score (nSPS) is 13.0. The molecule has 2 rings (SSSR count). The van der Waals surface area contributed by atoms with E-state index in [0.717, 1.165) is 15.8 Å². The highest BCUT2D eigenvalue weighted by Gasteiger charge is 2.39. The largest absolute Gasteiger partial charge is 0.416 e. The van der Waals surface area contributed by atoms with Crippen molar-refractivity contribution in [1.29, 1.82) is 0 Å². The third-order valence-corrected chi connectivity index (χ3v) is 3.26. The summed E-state index contributed by atoms with van der Waals surface area (Å²) in [7, 11) is 1.18. The zero-order chi connectivity index (χ0) is 17.2. The molecule has 5 nitrogen and oxygen atoms in total. The molecule has 0 fully saturated rings. The van der Waals surface area contributed by atoms with Crippen LogP contribution in [0.1, 0.15) is 5.56 Å². The summed E-state index contributed by atoms with van der Waals surface area (Å²) in [5.41, 5.74) is 1.81. The van der Waals surface area contributed by atoms with Crippen LogP contribution in [0.2, 0.25) is 0 Å². The Bertz CT molecular complexity index is 719. The molecule has 1 heterocycles. The number of carbonyl (C=O) groups excluding carboxylic acids is 1. The predicted molar refractivity (Wildman–Crippen MR) is 80.2 cm³/mol. The summed E-state index contributed by atoms with van der Waals surface area (Å²) < 4.78 is 37.0. The molecule has 0 radical (unpaired) electrons. The lowest BCUT2D eigenvalue weighted by Gasteiger charge is -2.23. The molecule has 2 aromatic rings. The van der Waals surface area contributed by atoms with E-state index in [1.54, 1.807) is 18.3 Å². The number of rotatable bonds is 3. The number of aromatic nitrogens is 1. The van der Waals surface area contributed by atoms with Crippen LogP contribution < -0.4 is 5.32 Å². The van der Waals surface area contributed by atoms with E-state index in [0.29, 0.717) is 11.2 Å². The molecule has 1 aromatic heterocycles. The van der Waals surface area contributed by atoms with Crippen molar-refractivity contribution < 1.29 is 23.1 Å². The fraction of sp³-hybridized carbons (Fsp3) is 0.333. The van der Waals surface area contributed by atoms with Crippen LogP contribution in [0.4, 0.5) is 23.7 Å². The zero-order valence-corrected chi connectivity index (χ0v) is 12.6. The number of halogens is 3. The Labute approximate surface area is 130 Å². The number of fused-ring (bicyclic) bond motifs is 1. The van der Waals surface area contributed by atoms with E-state index < -0.39 is 24.9 Å². The summed E-state index contributed by atoms with van der Waals surface area (Å²) in [6.45, 7) is 0.978. The lowest BCUT2D eigenvalue weighted by molar-refractivity contribution is -0.205. The number of nitrogens with one attached hydrogen (secondary N) is 1. The lowest BCUT2D eigenvalue weighted by atomic mass is 10.1. The van der Waals surface area contributed by atoms with Crippen molar-refractivity contribution in [3.63, 3.8) is 0 Å². The first kappa shape index (κ1) is 17.0. The number of aryl methyl sites for hydroxylation is 1. The number of benzene rings is 1. The number of pyridine rings is 1. The number of amides is 2. The molecule has 0 aliphatic heterocycles. The van der Waals surface area contributed by atoms with Crippen LogP contribution in [0, 0.1) is 6.92 Å². The quantitative estimate of drug-likeness (QED) is 0.911. The molecule has 0 spiro atoms. The Hall–Kier alpha value is -2.35. The number of hydrogen-bond acceptors (Lipinski definition) is 3. The Morgan fingerprint density at radius 3 is 2.78 bits per heavy atom. The molecule has 0 saturated heterocycles. The highest BCUT2D eigenvalue weighted by molar-refractivity contribution is 5.99. The summed E-state index contributed by atoms with van der Waals surface area (Å²) in [6, 6.07) is 6.38. The second-order valence-electron chi connectivity index (χ2n) is 5.26. The lowest BCUT2D eigenvalue weighted by Crippen LogP contribution is -2.43. The minimum absolute atomic E-state index is 0.402. The molecule has 1 unspecified atom stereocenters. The molecular formula is C15H16F3N3O2. The molecule has 0 bridgehead atoms. The summed E-state index contributed by atoms with van der Waals surface area (Å²) in [6.07, 6.45) is -5.80. The average Bonchev–Trinajstić information content (AvgIpc) is 2.45. The summed E-state index contributed by atoms with van der Waals surface area (Å²) in [4.78, 5) is 17.0. The van der Waals surface area contributed by atoms with Gasteiger partial charge >= 0.3 is 12.2 Å². The molecule has 1 atom stereocenters. The van der Waals surface area contributed by atoms with Crippen molar-refractivity contribution in [1.82, 2.24) is 9.88 Å². The summed E-state index contributed by atoms with van der Waals surface area (Å²) in [5.74, 6) is 0. The maximum absolute atomic E-state index is 12.3. The van der Waals surface area contributed by atoms with Gasteiger partial charge < -0.3 is 15.3 Å². The van der Waals surface area contributed by atoms with Crippen molar-refractivity contribution >= 4 is 22.6 Å². The van der Waals surface area contributed by atoms with Gasteiger partial charge in [0.1, 0.15) is 0 Å². The van der Waals surface area contributed by atoms with Crippen LogP contribution in [0.15, 0.2) is 30.5 Å². The van der Waals surface area contributed by atoms with Gasteiger partial charge in [-0.3, -0.25) is 4.98 Å². The Morgan fingerprint density at radius 2 is 2.13 bits per heavy atom. The van der Waals surface area contributed by atoms with Gasteiger partial charge in [-0.2, -0.15) is 13.2 Å². The van der Waals surface area contributed by atoms with E-state index in [-0.39, 0.29) is 0 Å². The first-order valence-corrected chi connectivity index (χ1v) is 6.81. The Morgan fingerprint density at radius 1 is 1.43 bits per heavy atom. The summed E-state index contributed by atoms with van der Waals surface area (Å²) in [5, 5.41) is 12.4. The van der Waals surface area contributed by atoms with Crippen molar-refractivity contribution in [2.75, 3.05) is 18.9 Å². The Kier molecular flexibility index (Phi) is 4.74. The number of carbonyl (C=O) groups is 1. The smallest absolute Gasteiger partial charge is 0.382 e. The maximum atomic E-state index is 12.3. The van der Waals surface area contributed by atoms with Crippen molar-refractivity contribution in [2.24, 2.45) is 0 Å². The molecule has 0 aliphatic carbocycles. The third kappa shape index (κ3) is 4.10. The van der Waals surface area contributed by atoms with Crippen LogP contribution >= 0.6 is 0 Å². The number of urea groups is 1. The van der Waals surface area contributed by atoms with Gasteiger partial charge in [-0.05, 0) is 30.7 Å². The van der Waals surface area contributed by atoms with E-state index in [4.69, 9.17) is 5.11 Å². The predicted octanol–water partition coefficient (Wildman–Crippen LogP) is 2.93. The molecule has 2 N–H and O–H groups in total. The van der Waals surface area contributed by atoms with Crippen LogP contribution in [0.5, 0.6) is 0 Å². The molecule has 23 heavy (non-hydrogen) atoms. The Balaban J connectivity index is 2.17. The first-order valence-electron chi connectivity index (χ1n) is 6.81. The van der Waals surface area contributed by atoms with Gasteiger partial charge in [-0.15, -0.1) is 0 Å². The monoisotopic (exact) mass is 327 g/mol. The minimum Gasteiger partial charge on any atom is -0.382 e. The second-order valence-corrected chi connectivity index (χ2v) is 5.26. The summed E-state index contributed by atoms with van der Waals surface area (Å²) >= 11 is 0. The van der Waals surface area contributed by atoms with Crippen LogP contribution in [0.3, 0.4) is 0 Å². The molecule has 0 aliphatic rings. The molecule has 2 amide bonds. The van der Waals surface area contributed by atoms with Gasteiger partial charge in [-0.1, -0.05) is 6.07 Å². The van der Waals surface area contributed by atoms with Gasteiger partial charge in [0.2, 0.25) is 0 Å². The van der Waals surface area contributed by atoms with E-state index in [1.165, 1.54) is 7.05 Å². The number of nitrogens with zero attached hydrogens (tertiary/aromatic N) is 2. The van der Waals surface area contributed by atoms with Crippen LogP contribution in [-0.4, -0.2) is 46.9 Å². The number of alkyl halides is 3. The fourth-order valence-corrected chi connectivity index (χ4v) is 2.09. The SMILES string of the molecule is Cc1cc(NC(=O)N(C)CC(O)C(F)(F)F)c2ncccc2c1. The van der Waals surface area contributed by atoms with Crippen LogP contribution in [-0.2, 0) is 0 Å². The van der Waals surface area contributed by atoms with Crippen LogP contribution in [0.25, 0.3) is 10.9 Å². The molecular weight excluding hydrogens is 311 g/mol. The number of aliphatic hydroxyl groups is 1. The fourth-order valence-electron chi connectivity index (χ4n) is 2.09. The van der Waals surface area contributed by atoms with Crippen molar-refractivity contribution in [3.05, 3.63) is 36.0 Å². The minimum atomic E-state index is -4.77. The van der Waals surface area contributed by atoms with Crippen molar-refractivity contribution in [3.8, 4) is 0 Å². The third-order valence-electron chi connectivity index (χ3n) is 3.26. The van der Waals surface area contributed by atoms with Gasteiger partial charge in [0.25, 0.3) is 0 Å². The molecule has 8 heteroatoms. The number of hydrogen-bond donors (Lipinski definition) is 2. The topological polar surface area (TPSA) is 65.5 Å². The maximum Gasteiger partial charge on any atom is 0.416 e. The van der Waals surface area contributed by atoms with Gasteiger partial charge in [0, 0.05) is 18.6 Å². The van der Waals surface area contributed by atoms with Crippen molar-refractivity contribution in [2.45, 2.75) is 19.2 Å². The highest BCUT2D eigenvalue weighted by atomic mass is 19.4. The highest BCUT2D eigenvalue weighted by Crippen LogP contribution is 2.24. The number of likely N-dealkylation sites (N-methyl/N-ethyl adjacent to an activating group) is 1. The molecule has 0 saturated carbocycles. The zero-order valence-electron chi connectivity index (χ0n) is 12.6. The van der Waals surface area contributed by atoms with Gasteiger partial charge in [0.15, 0.2) is 6.10 Å². The number of aliphatic hydroxyl groups excluding tert-OH is 1. The van der Waals surface area contributed by atoms with E-state index in [1.807, 2.05) is 19.1 Å². The van der Waals surface area contributed by atoms with E-state index in [9.17, 15) is 18.0 Å². The van der Waals surface area contributed by atoms with Gasteiger partial charge in [-0.25, -0.2) is 4.79 Å². The average molecular weight is 327 g/mol.